The Hall–Kier alpha value is -0.830. The van der Waals surface area contributed by atoms with Gasteiger partial charge in [0.15, 0.2) is 5.67 Å². The van der Waals surface area contributed by atoms with E-state index in [-0.39, 0.29) is 0 Å². The Morgan fingerprint density at radius 2 is 2.42 bits per heavy atom. The highest BCUT2D eigenvalue weighted by Gasteiger charge is 2.34. The van der Waals surface area contributed by atoms with Gasteiger partial charge in [-0.25, -0.2) is 4.39 Å². The zero-order valence-electron chi connectivity index (χ0n) is 6.94. The maximum atomic E-state index is 14.0. The first kappa shape index (κ1) is 7.80. The van der Waals surface area contributed by atoms with Crippen molar-refractivity contribution in [1.29, 1.82) is 0 Å². The number of piperidine rings is 1. The first-order valence-corrected chi connectivity index (χ1v) is 4.35. The predicted octanol–water partition coefficient (Wildman–Crippen LogP) is 1.56. The quantitative estimate of drug-likeness (QED) is 0.654. The molecular weight excluding hydrogens is 155 g/mol. The van der Waals surface area contributed by atoms with Gasteiger partial charge in [0.1, 0.15) is 0 Å². The number of alkyl halides is 1. The van der Waals surface area contributed by atoms with E-state index in [1.54, 1.807) is 6.20 Å². The van der Waals surface area contributed by atoms with Crippen LogP contribution in [0.1, 0.15) is 18.5 Å². The topological polar surface area (TPSA) is 27.8 Å². The van der Waals surface area contributed by atoms with Crippen LogP contribution < -0.4 is 5.32 Å². The van der Waals surface area contributed by atoms with Gasteiger partial charge in [-0.3, -0.25) is 0 Å². The molecule has 0 spiro atoms. The summed E-state index contributed by atoms with van der Waals surface area (Å²) in [5, 5.41) is 3.07. The van der Waals surface area contributed by atoms with Crippen LogP contribution >= 0.6 is 0 Å². The van der Waals surface area contributed by atoms with Gasteiger partial charge in [0.2, 0.25) is 0 Å². The summed E-state index contributed by atoms with van der Waals surface area (Å²) in [6.07, 6.45) is 3.31. The molecule has 1 atom stereocenters. The number of H-pyrrole nitrogens is 1. The van der Waals surface area contributed by atoms with E-state index in [1.807, 2.05) is 12.1 Å². The third-order valence-corrected chi connectivity index (χ3v) is 2.41. The maximum absolute atomic E-state index is 14.0. The van der Waals surface area contributed by atoms with Crippen molar-refractivity contribution >= 4 is 0 Å². The van der Waals surface area contributed by atoms with E-state index < -0.39 is 5.67 Å². The SMILES string of the molecule is FC1(c2ccc[nH]2)CCCNC1. The summed E-state index contributed by atoms with van der Waals surface area (Å²) in [5.74, 6) is 0. The molecule has 1 fully saturated rings. The lowest BCUT2D eigenvalue weighted by Gasteiger charge is -2.29. The molecule has 0 bridgehead atoms. The van der Waals surface area contributed by atoms with Gasteiger partial charge in [0.25, 0.3) is 0 Å². The molecule has 0 aromatic carbocycles. The maximum Gasteiger partial charge on any atom is 0.162 e. The van der Waals surface area contributed by atoms with Crippen molar-refractivity contribution < 1.29 is 4.39 Å². The molecule has 2 heterocycles. The van der Waals surface area contributed by atoms with Crippen molar-refractivity contribution in [3.8, 4) is 0 Å². The minimum Gasteiger partial charge on any atom is -0.362 e. The molecular formula is C9H13FN2. The van der Waals surface area contributed by atoms with Crippen LogP contribution in [0.15, 0.2) is 18.3 Å². The summed E-state index contributed by atoms with van der Waals surface area (Å²) in [6, 6.07) is 3.65. The normalized spacial score (nSPS) is 30.4. The van der Waals surface area contributed by atoms with Gasteiger partial charge in [0.05, 0.1) is 5.69 Å². The molecule has 1 unspecified atom stereocenters. The smallest absolute Gasteiger partial charge is 0.162 e. The van der Waals surface area contributed by atoms with Gasteiger partial charge in [-0.05, 0) is 31.5 Å². The second kappa shape index (κ2) is 2.90. The molecule has 66 valence electrons. The van der Waals surface area contributed by atoms with Gasteiger partial charge < -0.3 is 10.3 Å². The number of nitrogens with one attached hydrogen (secondary N) is 2. The van der Waals surface area contributed by atoms with Gasteiger partial charge in [-0.2, -0.15) is 0 Å². The summed E-state index contributed by atoms with van der Waals surface area (Å²) < 4.78 is 14.0. The number of hydrogen-bond acceptors (Lipinski definition) is 1. The highest BCUT2D eigenvalue weighted by molar-refractivity contribution is 5.15. The van der Waals surface area contributed by atoms with E-state index in [0.29, 0.717) is 18.7 Å². The van der Waals surface area contributed by atoms with Crippen molar-refractivity contribution in [2.75, 3.05) is 13.1 Å². The first-order valence-electron chi connectivity index (χ1n) is 4.35. The molecule has 1 aliphatic rings. The van der Waals surface area contributed by atoms with Gasteiger partial charge in [-0.1, -0.05) is 0 Å². The third-order valence-electron chi connectivity index (χ3n) is 2.41. The first-order chi connectivity index (χ1) is 5.81. The minimum atomic E-state index is -1.16. The van der Waals surface area contributed by atoms with Crippen LogP contribution in [0, 0.1) is 0 Å². The summed E-state index contributed by atoms with van der Waals surface area (Å²) in [5.41, 5.74) is -0.462. The molecule has 3 heteroatoms. The van der Waals surface area contributed by atoms with Crippen molar-refractivity contribution in [1.82, 2.24) is 10.3 Å². The second-order valence-electron chi connectivity index (χ2n) is 3.33. The third kappa shape index (κ3) is 1.25. The molecule has 2 N–H and O–H groups in total. The Labute approximate surface area is 71.2 Å². The zero-order chi connectivity index (χ0) is 8.44. The Morgan fingerprint density at radius 3 is 3.00 bits per heavy atom. The predicted molar refractivity (Wildman–Crippen MR) is 45.7 cm³/mol. The molecule has 1 saturated heterocycles. The Bertz CT molecular complexity index is 237. The van der Waals surface area contributed by atoms with Crippen molar-refractivity contribution in [2.24, 2.45) is 0 Å². The molecule has 1 aromatic heterocycles. The number of aromatic nitrogens is 1. The fraction of sp³-hybridized carbons (Fsp3) is 0.556. The molecule has 0 radical (unpaired) electrons. The Kier molecular flexibility index (Phi) is 1.89. The van der Waals surface area contributed by atoms with Crippen LogP contribution in [-0.4, -0.2) is 18.1 Å². The van der Waals surface area contributed by atoms with Crippen LogP contribution in [0.3, 0.4) is 0 Å². The fourth-order valence-corrected chi connectivity index (χ4v) is 1.71. The molecule has 1 aliphatic heterocycles. The van der Waals surface area contributed by atoms with E-state index in [1.165, 1.54) is 0 Å². The van der Waals surface area contributed by atoms with E-state index in [0.717, 1.165) is 13.0 Å². The largest absolute Gasteiger partial charge is 0.362 e. The number of hydrogen-bond donors (Lipinski definition) is 2. The molecule has 1 aromatic rings. The van der Waals surface area contributed by atoms with Crippen molar-refractivity contribution in [2.45, 2.75) is 18.5 Å². The van der Waals surface area contributed by atoms with Crippen LogP contribution in [0.5, 0.6) is 0 Å². The lowest BCUT2D eigenvalue weighted by atomic mass is 9.93. The monoisotopic (exact) mass is 168 g/mol. The van der Waals surface area contributed by atoms with Gasteiger partial charge in [0, 0.05) is 12.7 Å². The van der Waals surface area contributed by atoms with Crippen molar-refractivity contribution in [3.63, 3.8) is 0 Å². The van der Waals surface area contributed by atoms with E-state index in [2.05, 4.69) is 10.3 Å². The molecule has 0 aliphatic carbocycles. The van der Waals surface area contributed by atoms with Crippen LogP contribution in [0.2, 0.25) is 0 Å². The summed E-state index contributed by atoms with van der Waals surface area (Å²) >= 11 is 0. The molecule has 0 saturated carbocycles. The van der Waals surface area contributed by atoms with E-state index in [9.17, 15) is 4.39 Å². The standard InChI is InChI=1S/C9H13FN2/c10-9(4-2-5-11-7-9)8-3-1-6-12-8/h1,3,6,11-12H,2,4-5,7H2. The Balaban J connectivity index is 2.19. The zero-order valence-corrected chi connectivity index (χ0v) is 6.94. The molecule has 2 rings (SSSR count). The van der Waals surface area contributed by atoms with Crippen LogP contribution in [0.25, 0.3) is 0 Å². The average molecular weight is 168 g/mol. The summed E-state index contributed by atoms with van der Waals surface area (Å²) in [4.78, 5) is 2.93. The minimum absolute atomic E-state index is 0.438. The highest BCUT2D eigenvalue weighted by Crippen LogP contribution is 2.31. The van der Waals surface area contributed by atoms with Crippen molar-refractivity contribution in [3.05, 3.63) is 24.0 Å². The number of halogens is 1. The lowest BCUT2D eigenvalue weighted by molar-refractivity contribution is 0.117. The summed E-state index contributed by atoms with van der Waals surface area (Å²) in [7, 11) is 0. The average Bonchev–Trinajstić information content (AvgIpc) is 2.58. The van der Waals surface area contributed by atoms with E-state index >= 15 is 0 Å². The van der Waals surface area contributed by atoms with Crippen LogP contribution in [0.4, 0.5) is 4.39 Å². The molecule has 0 amide bonds. The molecule has 12 heavy (non-hydrogen) atoms. The Morgan fingerprint density at radius 1 is 1.50 bits per heavy atom. The molecule has 2 nitrogen and oxygen atoms in total. The lowest BCUT2D eigenvalue weighted by Crippen LogP contribution is -2.40. The van der Waals surface area contributed by atoms with Gasteiger partial charge >= 0.3 is 0 Å². The van der Waals surface area contributed by atoms with Crippen LogP contribution in [-0.2, 0) is 5.67 Å². The number of rotatable bonds is 1. The van der Waals surface area contributed by atoms with Gasteiger partial charge in [-0.15, -0.1) is 0 Å². The summed E-state index contributed by atoms with van der Waals surface area (Å²) in [6.45, 7) is 1.37. The fourth-order valence-electron chi connectivity index (χ4n) is 1.71. The number of aromatic amines is 1. The highest BCUT2D eigenvalue weighted by atomic mass is 19.1. The second-order valence-corrected chi connectivity index (χ2v) is 3.33. The van der Waals surface area contributed by atoms with E-state index in [4.69, 9.17) is 0 Å².